The fraction of sp³-hybridized carbons (Fsp3) is 0.976. The molecule has 0 aromatic heterocycles. The van der Waals surface area contributed by atoms with Crippen molar-refractivity contribution in [2.75, 3.05) is 48.1 Å². The molecule has 16 nitrogen and oxygen atoms in total. The Hall–Kier alpha value is -1.09. The van der Waals surface area contributed by atoms with Crippen LogP contribution in [0.1, 0.15) is 94.9 Å². The monoisotopic (exact) mass is 835 g/mol. The average Bonchev–Trinajstić information content (AvgIpc) is 3.15. The number of cyclic esters (lactones) is 1. The van der Waals surface area contributed by atoms with Gasteiger partial charge >= 0.3 is 5.97 Å². The van der Waals surface area contributed by atoms with Crippen LogP contribution in [-0.2, 0) is 47.4 Å². The predicted molar refractivity (Wildman–Crippen MR) is 214 cm³/mol. The highest BCUT2D eigenvalue weighted by Crippen LogP contribution is 2.43. The molecule has 58 heavy (non-hydrogen) atoms. The number of fused-ring (bicyclic) bond motifs is 2. The van der Waals surface area contributed by atoms with E-state index in [1.807, 2.05) is 53.6 Å². The fourth-order valence-corrected chi connectivity index (χ4v) is 10.0. The van der Waals surface area contributed by atoms with E-state index < -0.39 is 96.1 Å². The molecule has 16 heteroatoms. The van der Waals surface area contributed by atoms with Gasteiger partial charge in [0.1, 0.15) is 30.1 Å². The number of nitrogens with one attached hydrogen (secondary N) is 1. The van der Waals surface area contributed by atoms with Crippen molar-refractivity contribution in [3.63, 3.8) is 0 Å². The lowest BCUT2D eigenvalue weighted by Gasteiger charge is -2.52. The number of nitrogens with zero attached hydrogens (tertiary/aromatic N) is 1. The van der Waals surface area contributed by atoms with Gasteiger partial charge in [0.15, 0.2) is 12.6 Å². The number of hydrogen-bond acceptors (Lipinski definition) is 16. The molecule has 0 aliphatic carbocycles. The van der Waals surface area contributed by atoms with Gasteiger partial charge in [0.2, 0.25) is 0 Å². The van der Waals surface area contributed by atoms with E-state index in [0.29, 0.717) is 19.6 Å². The Kier molecular flexibility index (Phi) is 17.4. The molecule has 2 bridgehead atoms. The van der Waals surface area contributed by atoms with Crippen LogP contribution in [0.15, 0.2) is 0 Å². The Balaban J connectivity index is 1.83. The van der Waals surface area contributed by atoms with E-state index in [2.05, 4.69) is 5.32 Å². The summed E-state index contributed by atoms with van der Waals surface area (Å²) >= 11 is 0. The number of carbonyl (C=O) groups is 1. The minimum absolute atomic E-state index is 0.137. The molecule has 0 amide bonds. The summed E-state index contributed by atoms with van der Waals surface area (Å²) in [5, 5.41) is 51.5. The number of ether oxygens (including phenoxy) is 9. The summed E-state index contributed by atoms with van der Waals surface area (Å²) in [4.78, 5) is 16.4. The number of esters is 1. The molecule has 0 saturated carbocycles. The molecule has 340 valence electrons. The lowest BCUT2D eigenvalue weighted by atomic mass is 9.71. The van der Waals surface area contributed by atoms with Crippen LogP contribution in [0.2, 0.25) is 0 Å². The normalized spacial score (nSPS) is 48.7. The molecular formula is C42H78N2O14. The smallest absolute Gasteiger partial charge is 0.311 e. The van der Waals surface area contributed by atoms with Crippen molar-refractivity contribution in [2.24, 2.45) is 23.7 Å². The zero-order valence-corrected chi connectivity index (χ0v) is 37.6. The van der Waals surface area contributed by atoms with Gasteiger partial charge < -0.3 is 68.0 Å². The molecule has 0 aromatic carbocycles. The first-order valence-electron chi connectivity index (χ1n) is 21.4. The Morgan fingerprint density at radius 3 is 2.19 bits per heavy atom. The van der Waals surface area contributed by atoms with Crippen LogP contribution in [-0.4, -0.2) is 176 Å². The quantitative estimate of drug-likeness (QED) is 0.142. The van der Waals surface area contributed by atoms with Gasteiger partial charge in [-0.25, -0.2) is 0 Å². The highest BCUT2D eigenvalue weighted by atomic mass is 16.7. The maximum Gasteiger partial charge on any atom is 0.311 e. The SMILES string of the molecule is CCC1OC(=O)C(C)C(OC2C[C@@](C)(OC)C(O)C(C)O2)C(C)C(OC2OC(C)CC(N(C)C)C2O)[C@](C)(O)CC(C)C2NC(COCCOC)OC(C2C)[C@]1(C)O. The van der Waals surface area contributed by atoms with Crippen LogP contribution in [0.5, 0.6) is 0 Å². The summed E-state index contributed by atoms with van der Waals surface area (Å²) in [6.07, 6.45) is -8.29. The van der Waals surface area contributed by atoms with Crippen LogP contribution >= 0.6 is 0 Å². The molecule has 5 N–H and O–H groups in total. The molecule has 4 saturated heterocycles. The van der Waals surface area contributed by atoms with Crippen molar-refractivity contribution in [1.82, 2.24) is 10.2 Å². The summed E-state index contributed by atoms with van der Waals surface area (Å²) in [6, 6.07) is -0.593. The van der Waals surface area contributed by atoms with Crippen molar-refractivity contribution in [3.05, 3.63) is 0 Å². The topological polar surface area (TPSA) is 196 Å². The van der Waals surface area contributed by atoms with Crippen molar-refractivity contribution >= 4 is 5.97 Å². The highest BCUT2D eigenvalue weighted by molar-refractivity contribution is 5.73. The molecule has 0 spiro atoms. The van der Waals surface area contributed by atoms with Gasteiger partial charge in [0, 0.05) is 44.6 Å². The summed E-state index contributed by atoms with van der Waals surface area (Å²) in [6.45, 7) is 19.1. The first kappa shape index (κ1) is 49.6. The Morgan fingerprint density at radius 2 is 1.59 bits per heavy atom. The van der Waals surface area contributed by atoms with E-state index in [1.165, 1.54) is 7.11 Å². The average molecular weight is 835 g/mol. The van der Waals surface area contributed by atoms with Crippen LogP contribution in [0.4, 0.5) is 0 Å². The Bertz CT molecular complexity index is 1290. The number of carbonyl (C=O) groups excluding carboxylic acids is 1. The third-order valence-electron chi connectivity index (χ3n) is 13.5. The first-order valence-corrected chi connectivity index (χ1v) is 21.4. The maximum atomic E-state index is 14.5. The van der Waals surface area contributed by atoms with Crippen molar-refractivity contribution < 1.29 is 67.9 Å². The molecular weight excluding hydrogens is 756 g/mol. The molecule has 0 aromatic rings. The zero-order chi connectivity index (χ0) is 43.5. The standard InChI is InChI=1S/C42H78N2O14/c1-15-29-42(10,49)37-24(4)32(43-30(56-37)21-52-17-16-50-13)22(2)19-40(8,48)36(58-39-33(45)28(44(11)12)18-23(3)53-39)25(5)34(26(6)38(47)55-29)57-31-20-41(9,51-14)35(46)27(7)54-31/h22-37,39,43,45-46,48-49H,15-21H2,1-14H3/t22?,23?,24?,25?,26?,27?,28?,29?,30?,31?,32?,33?,34?,35?,36?,37?,39?,40-,41-,42-/m1/s1. The molecule has 4 heterocycles. The second kappa shape index (κ2) is 20.4. The lowest BCUT2D eigenvalue weighted by Crippen LogP contribution is -2.67. The fourth-order valence-electron chi connectivity index (χ4n) is 10.0. The second-order valence-electron chi connectivity index (χ2n) is 18.6. The number of rotatable bonds is 12. The van der Waals surface area contributed by atoms with Crippen LogP contribution < -0.4 is 5.32 Å². The van der Waals surface area contributed by atoms with Gasteiger partial charge in [0.25, 0.3) is 0 Å². The van der Waals surface area contributed by atoms with Crippen LogP contribution in [0.3, 0.4) is 0 Å². The second-order valence-corrected chi connectivity index (χ2v) is 18.6. The summed E-state index contributed by atoms with van der Waals surface area (Å²) in [5.74, 6) is -2.95. The van der Waals surface area contributed by atoms with E-state index in [9.17, 15) is 25.2 Å². The number of aliphatic hydroxyl groups excluding tert-OH is 2. The van der Waals surface area contributed by atoms with E-state index in [-0.39, 0.29) is 55.9 Å². The highest BCUT2D eigenvalue weighted by Gasteiger charge is 2.55. The molecule has 17 unspecified atom stereocenters. The van der Waals surface area contributed by atoms with Crippen LogP contribution in [0.25, 0.3) is 0 Å². The maximum absolute atomic E-state index is 14.5. The molecule has 4 rings (SSSR count). The van der Waals surface area contributed by atoms with Gasteiger partial charge in [-0.15, -0.1) is 0 Å². The van der Waals surface area contributed by atoms with Gasteiger partial charge in [-0.3, -0.25) is 10.1 Å². The van der Waals surface area contributed by atoms with Gasteiger partial charge in [-0.05, 0) is 80.8 Å². The number of likely N-dealkylation sites (N-methyl/N-ethyl adjacent to an activating group) is 1. The lowest BCUT2D eigenvalue weighted by molar-refractivity contribution is -0.318. The van der Waals surface area contributed by atoms with Gasteiger partial charge in [0.05, 0.1) is 67.5 Å². The molecule has 4 aliphatic rings. The molecule has 4 fully saturated rings. The Labute approximate surface area is 346 Å². The van der Waals surface area contributed by atoms with Crippen molar-refractivity contribution in [1.29, 1.82) is 0 Å². The van der Waals surface area contributed by atoms with Crippen molar-refractivity contribution in [2.45, 2.75) is 191 Å². The number of aliphatic hydroxyl groups is 4. The third kappa shape index (κ3) is 11.1. The van der Waals surface area contributed by atoms with Gasteiger partial charge in [-0.2, -0.15) is 0 Å². The predicted octanol–water partition coefficient (Wildman–Crippen LogP) is 2.20. The molecule has 20 atom stereocenters. The number of hydrogen-bond donors (Lipinski definition) is 5. The van der Waals surface area contributed by atoms with Gasteiger partial charge in [-0.1, -0.05) is 27.7 Å². The largest absolute Gasteiger partial charge is 0.459 e. The number of methoxy groups -OCH3 is 2. The minimum Gasteiger partial charge on any atom is -0.459 e. The van der Waals surface area contributed by atoms with E-state index >= 15 is 0 Å². The first-order chi connectivity index (χ1) is 27.0. The molecule has 4 aliphatic heterocycles. The van der Waals surface area contributed by atoms with Crippen LogP contribution in [0, 0.1) is 23.7 Å². The zero-order valence-electron chi connectivity index (χ0n) is 37.6. The Morgan fingerprint density at radius 1 is 0.914 bits per heavy atom. The van der Waals surface area contributed by atoms with E-state index in [1.54, 1.807) is 41.7 Å². The summed E-state index contributed by atoms with van der Waals surface area (Å²) < 4.78 is 55.7. The van der Waals surface area contributed by atoms with E-state index in [0.717, 1.165) is 0 Å². The third-order valence-corrected chi connectivity index (χ3v) is 13.5. The molecule has 0 radical (unpaired) electrons. The van der Waals surface area contributed by atoms with E-state index in [4.69, 9.17) is 42.6 Å². The van der Waals surface area contributed by atoms with Crippen molar-refractivity contribution in [3.8, 4) is 0 Å². The minimum atomic E-state index is -1.64. The summed E-state index contributed by atoms with van der Waals surface area (Å²) in [7, 11) is 6.90. The summed E-state index contributed by atoms with van der Waals surface area (Å²) in [5.41, 5.74) is -4.27.